The lowest BCUT2D eigenvalue weighted by Crippen LogP contribution is -1.93. The van der Waals surface area contributed by atoms with Crippen LogP contribution < -0.4 is 9.47 Å². The molecule has 1 aromatic carbocycles. The molecule has 0 heterocycles. The fourth-order valence-corrected chi connectivity index (χ4v) is 1.95. The monoisotopic (exact) mass is 227 g/mol. The topological polar surface area (TPSA) is 42.2 Å². The second kappa shape index (κ2) is 4.75. The van der Waals surface area contributed by atoms with E-state index in [-0.39, 0.29) is 0 Å². The van der Waals surface area contributed by atoms with E-state index in [1.165, 1.54) is 11.6 Å². The van der Waals surface area contributed by atoms with Gasteiger partial charge in [-0.1, -0.05) is 6.08 Å². The van der Waals surface area contributed by atoms with Crippen molar-refractivity contribution >= 4 is 6.08 Å². The SMILES string of the molecule is COc1cc2c(cc1OC)CC(/C=C/C#N)=C2. The van der Waals surface area contributed by atoms with Crippen molar-refractivity contribution in [2.24, 2.45) is 0 Å². The van der Waals surface area contributed by atoms with E-state index in [4.69, 9.17) is 14.7 Å². The van der Waals surface area contributed by atoms with E-state index >= 15 is 0 Å². The largest absolute Gasteiger partial charge is 0.493 e. The van der Waals surface area contributed by atoms with Crippen LogP contribution in [-0.2, 0) is 6.42 Å². The highest BCUT2D eigenvalue weighted by Gasteiger charge is 2.15. The van der Waals surface area contributed by atoms with Crippen molar-refractivity contribution in [3.63, 3.8) is 0 Å². The van der Waals surface area contributed by atoms with Crippen molar-refractivity contribution in [3.05, 3.63) is 41.0 Å². The number of ether oxygens (including phenoxy) is 2. The van der Waals surface area contributed by atoms with Crippen LogP contribution in [-0.4, -0.2) is 14.2 Å². The van der Waals surface area contributed by atoms with E-state index in [1.807, 2.05) is 24.3 Å². The zero-order valence-corrected chi connectivity index (χ0v) is 9.86. The maximum absolute atomic E-state index is 8.50. The van der Waals surface area contributed by atoms with Crippen molar-refractivity contribution in [2.75, 3.05) is 14.2 Å². The first-order chi connectivity index (χ1) is 8.28. The number of nitriles is 1. The molecule has 3 nitrogen and oxygen atoms in total. The zero-order chi connectivity index (χ0) is 12.3. The molecule has 0 radical (unpaired) electrons. The molecule has 1 aliphatic rings. The summed E-state index contributed by atoms with van der Waals surface area (Å²) in [4.78, 5) is 0. The molecule has 17 heavy (non-hydrogen) atoms. The number of methoxy groups -OCH3 is 2. The third-order valence-electron chi connectivity index (χ3n) is 2.75. The van der Waals surface area contributed by atoms with Crippen LogP contribution in [0.25, 0.3) is 6.08 Å². The van der Waals surface area contributed by atoms with Crippen LogP contribution in [0, 0.1) is 11.3 Å². The van der Waals surface area contributed by atoms with Gasteiger partial charge in [-0.2, -0.15) is 5.26 Å². The molecule has 0 aliphatic heterocycles. The van der Waals surface area contributed by atoms with Gasteiger partial charge >= 0.3 is 0 Å². The summed E-state index contributed by atoms with van der Waals surface area (Å²) >= 11 is 0. The minimum absolute atomic E-state index is 0.730. The van der Waals surface area contributed by atoms with Gasteiger partial charge in [0.15, 0.2) is 11.5 Å². The highest BCUT2D eigenvalue weighted by Crippen LogP contribution is 2.36. The number of benzene rings is 1. The molecule has 0 fully saturated rings. The molecule has 0 bridgehead atoms. The molecule has 1 aromatic rings. The predicted octanol–water partition coefficient (Wildman–Crippen LogP) is 2.72. The molecule has 0 unspecified atom stereocenters. The number of rotatable bonds is 3. The van der Waals surface area contributed by atoms with Crippen molar-refractivity contribution in [1.29, 1.82) is 5.26 Å². The first kappa shape index (κ1) is 11.3. The average Bonchev–Trinajstić information content (AvgIpc) is 2.76. The minimum Gasteiger partial charge on any atom is -0.493 e. The Morgan fingerprint density at radius 3 is 2.59 bits per heavy atom. The molecule has 1 aliphatic carbocycles. The molecule has 3 heteroatoms. The van der Waals surface area contributed by atoms with E-state index in [2.05, 4.69) is 6.08 Å². The number of nitrogens with zero attached hydrogens (tertiary/aromatic N) is 1. The normalized spacial score (nSPS) is 13.1. The van der Waals surface area contributed by atoms with E-state index in [0.29, 0.717) is 0 Å². The molecular formula is C14H13NO2. The summed E-state index contributed by atoms with van der Waals surface area (Å²) in [5.74, 6) is 1.47. The van der Waals surface area contributed by atoms with Crippen LogP contribution in [0.4, 0.5) is 0 Å². The van der Waals surface area contributed by atoms with Gasteiger partial charge in [0.1, 0.15) is 0 Å². The minimum atomic E-state index is 0.730. The molecule has 2 rings (SSSR count). The van der Waals surface area contributed by atoms with Crippen molar-refractivity contribution in [2.45, 2.75) is 6.42 Å². The Morgan fingerprint density at radius 2 is 1.94 bits per heavy atom. The van der Waals surface area contributed by atoms with Crippen molar-refractivity contribution < 1.29 is 9.47 Å². The summed E-state index contributed by atoms with van der Waals surface area (Å²) in [6.07, 6.45) is 6.21. The lowest BCUT2D eigenvalue weighted by atomic mass is 10.1. The Bertz CT molecular complexity index is 536. The Morgan fingerprint density at radius 1 is 1.24 bits per heavy atom. The second-order valence-corrected chi connectivity index (χ2v) is 3.76. The van der Waals surface area contributed by atoms with Gasteiger partial charge in [-0.25, -0.2) is 0 Å². The number of hydrogen-bond acceptors (Lipinski definition) is 3. The molecule has 0 saturated carbocycles. The summed E-state index contributed by atoms with van der Waals surface area (Å²) in [7, 11) is 3.25. The Balaban J connectivity index is 2.36. The van der Waals surface area contributed by atoms with Crippen molar-refractivity contribution in [1.82, 2.24) is 0 Å². The highest BCUT2D eigenvalue weighted by molar-refractivity contribution is 5.69. The highest BCUT2D eigenvalue weighted by atomic mass is 16.5. The fourth-order valence-electron chi connectivity index (χ4n) is 1.95. The van der Waals surface area contributed by atoms with E-state index in [9.17, 15) is 0 Å². The summed E-state index contributed by atoms with van der Waals surface area (Å²) in [6.45, 7) is 0. The van der Waals surface area contributed by atoms with E-state index in [0.717, 1.165) is 29.1 Å². The summed E-state index contributed by atoms with van der Waals surface area (Å²) < 4.78 is 10.5. The van der Waals surface area contributed by atoms with Gasteiger partial charge in [0.25, 0.3) is 0 Å². The molecule has 0 saturated heterocycles. The van der Waals surface area contributed by atoms with Crippen LogP contribution in [0.2, 0.25) is 0 Å². The standard InChI is InChI=1S/C14H13NO2/c1-16-13-8-11-6-10(4-3-5-15)7-12(11)9-14(13)17-2/h3-4,6,8-9H,7H2,1-2H3/b4-3+. The van der Waals surface area contributed by atoms with Crippen LogP contribution in [0.3, 0.4) is 0 Å². The Hall–Kier alpha value is -2.21. The van der Waals surface area contributed by atoms with Gasteiger partial charge in [-0.15, -0.1) is 0 Å². The quantitative estimate of drug-likeness (QED) is 0.745. The molecule has 0 amide bonds. The maximum atomic E-state index is 8.50. The number of allylic oxidation sites excluding steroid dienone is 3. The summed E-state index contributed by atoms with van der Waals surface area (Å²) in [5, 5.41) is 8.50. The van der Waals surface area contributed by atoms with Gasteiger partial charge in [-0.3, -0.25) is 0 Å². The average molecular weight is 227 g/mol. The lowest BCUT2D eigenvalue weighted by molar-refractivity contribution is 0.354. The Kier molecular flexibility index (Phi) is 3.15. The predicted molar refractivity (Wildman–Crippen MR) is 66.0 cm³/mol. The van der Waals surface area contributed by atoms with Crippen molar-refractivity contribution in [3.8, 4) is 17.6 Å². The smallest absolute Gasteiger partial charge is 0.161 e. The Labute approximate surface area is 101 Å². The molecule has 0 atom stereocenters. The van der Waals surface area contributed by atoms with Crippen LogP contribution in [0.15, 0.2) is 29.9 Å². The molecular weight excluding hydrogens is 214 g/mol. The van der Waals surface area contributed by atoms with Gasteiger partial charge < -0.3 is 9.47 Å². The van der Waals surface area contributed by atoms with Gasteiger partial charge in [0.2, 0.25) is 0 Å². The first-order valence-electron chi connectivity index (χ1n) is 5.30. The zero-order valence-electron chi connectivity index (χ0n) is 9.86. The van der Waals surface area contributed by atoms with E-state index < -0.39 is 0 Å². The third kappa shape index (κ3) is 2.16. The fraction of sp³-hybridized carbons (Fsp3) is 0.214. The lowest BCUT2D eigenvalue weighted by Gasteiger charge is -2.09. The van der Waals surface area contributed by atoms with Gasteiger partial charge in [0, 0.05) is 6.08 Å². The van der Waals surface area contributed by atoms with Crippen LogP contribution >= 0.6 is 0 Å². The molecule has 0 spiro atoms. The van der Waals surface area contributed by atoms with Crippen LogP contribution in [0.1, 0.15) is 11.1 Å². The third-order valence-corrected chi connectivity index (χ3v) is 2.75. The molecule has 0 N–H and O–H groups in total. The van der Waals surface area contributed by atoms with E-state index in [1.54, 1.807) is 14.2 Å². The molecule has 0 aromatic heterocycles. The first-order valence-corrected chi connectivity index (χ1v) is 5.30. The summed E-state index contributed by atoms with van der Waals surface area (Å²) in [5.41, 5.74) is 3.44. The maximum Gasteiger partial charge on any atom is 0.161 e. The van der Waals surface area contributed by atoms with Gasteiger partial charge in [0.05, 0.1) is 20.3 Å². The number of fused-ring (bicyclic) bond motifs is 1. The molecule has 86 valence electrons. The summed E-state index contributed by atoms with van der Waals surface area (Å²) in [6, 6.07) is 5.94. The second-order valence-electron chi connectivity index (χ2n) is 3.76. The van der Waals surface area contributed by atoms with Gasteiger partial charge in [-0.05, 0) is 41.3 Å². The number of hydrogen-bond donors (Lipinski definition) is 0. The van der Waals surface area contributed by atoms with Crippen LogP contribution in [0.5, 0.6) is 11.5 Å².